The van der Waals surface area contributed by atoms with Gasteiger partial charge in [0.05, 0.1) is 5.52 Å². The highest BCUT2D eigenvalue weighted by atomic mass is 19.4. The molecule has 4 aromatic rings. The molecule has 0 saturated carbocycles. The number of aromatic nitrogens is 1. The van der Waals surface area contributed by atoms with Crippen molar-refractivity contribution in [2.24, 2.45) is 0 Å². The second kappa shape index (κ2) is 8.44. The van der Waals surface area contributed by atoms with Crippen LogP contribution < -0.4 is 9.47 Å². The normalized spacial score (nSPS) is 12.1. The predicted octanol–water partition coefficient (Wildman–Crippen LogP) is 7.32. The summed E-state index contributed by atoms with van der Waals surface area (Å²) in [6.45, 7) is 6.27. The molecule has 0 atom stereocenters. The van der Waals surface area contributed by atoms with Crippen molar-refractivity contribution in [2.75, 3.05) is 0 Å². The van der Waals surface area contributed by atoms with Crippen molar-refractivity contribution in [1.82, 2.24) is 4.57 Å². The Morgan fingerprint density at radius 2 is 1.44 bits per heavy atom. The molecule has 34 heavy (non-hydrogen) atoms. The summed E-state index contributed by atoms with van der Waals surface area (Å²) in [5.74, 6) is -1.35. The number of fused-ring (bicyclic) bond motifs is 1. The number of carbonyl (C=O) groups is 1. The molecule has 0 amide bonds. The molecule has 0 fully saturated rings. The number of carboxylic acids is 1. The van der Waals surface area contributed by atoms with Crippen LogP contribution in [0.1, 0.15) is 36.8 Å². The zero-order chi connectivity index (χ0) is 24.7. The summed E-state index contributed by atoms with van der Waals surface area (Å²) in [5, 5.41) is 10.6. The molecule has 1 N–H and O–H groups in total. The van der Waals surface area contributed by atoms with E-state index in [-0.39, 0.29) is 22.6 Å². The van der Waals surface area contributed by atoms with Gasteiger partial charge in [-0.1, -0.05) is 45.0 Å². The van der Waals surface area contributed by atoms with Crippen molar-refractivity contribution in [3.63, 3.8) is 0 Å². The van der Waals surface area contributed by atoms with Crippen LogP contribution in [0.25, 0.3) is 16.6 Å². The van der Waals surface area contributed by atoms with Crippen molar-refractivity contribution >= 4 is 16.9 Å². The van der Waals surface area contributed by atoms with E-state index in [9.17, 15) is 23.1 Å². The third kappa shape index (κ3) is 4.71. The lowest BCUT2D eigenvalue weighted by Crippen LogP contribution is -2.16. The van der Waals surface area contributed by atoms with Gasteiger partial charge < -0.3 is 19.1 Å². The molecular weight excluding hydrogens is 447 g/mol. The molecular formula is C26H22F3NO4. The summed E-state index contributed by atoms with van der Waals surface area (Å²) in [5.41, 5.74) is 2.20. The van der Waals surface area contributed by atoms with E-state index in [0.29, 0.717) is 16.6 Å². The van der Waals surface area contributed by atoms with Crippen LogP contribution in [0.5, 0.6) is 17.2 Å². The number of hydrogen-bond acceptors (Lipinski definition) is 3. The zero-order valence-corrected chi connectivity index (χ0v) is 18.7. The monoisotopic (exact) mass is 469 g/mol. The second-order valence-electron chi connectivity index (χ2n) is 8.75. The Balaban J connectivity index is 1.81. The first kappa shape index (κ1) is 23.2. The standard InChI is InChI=1S/C26H22F3NO4/c1-25(2,3)16-8-10-17(11-9-16)30-21-7-5-4-6-20(21)23(22(30)24(31)32)33-18-12-14-19(15-13-18)34-26(27,28)29/h4-15H,1-3H3,(H,31,32). The fraction of sp³-hybridized carbons (Fsp3) is 0.192. The largest absolute Gasteiger partial charge is 0.573 e. The summed E-state index contributed by atoms with van der Waals surface area (Å²) >= 11 is 0. The molecule has 0 spiro atoms. The van der Waals surface area contributed by atoms with Gasteiger partial charge in [0.1, 0.15) is 11.5 Å². The molecule has 0 aliphatic carbocycles. The summed E-state index contributed by atoms with van der Waals surface area (Å²) in [4.78, 5) is 12.4. The molecule has 0 aliphatic heterocycles. The number of aromatic carboxylic acids is 1. The summed E-state index contributed by atoms with van der Waals surface area (Å²) in [7, 11) is 0. The van der Waals surface area contributed by atoms with E-state index in [4.69, 9.17) is 4.74 Å². The summed E-state index contributed by atoms with van der Waals surface area (Å²) in [6.07, 6.45) is -4.81. The van der Waals surface area contributed by atoms with E-state index in [0.717, 1.165) is 17.7 Å². The number of ether oxygens (including phenoxy) is 2. The number of alkyl halides is 3. The topological polar surface area (TPSA) is 60.7 Å². The lowest BCUT2D eigenvalue weighted by molar-refractivity contribution is -0.274. The molecule has 3 aromatic carbocycles. The average Bonchev–Trinajstić information content (AvgIpc) is 3.08. The fourth-order valence-corrected chi connectivity index (χ4v) is 3.71. The van der Waals surface area contributed by atoms with E-state index in [1.807, 2.05) is 24.3 Å². The Morgan fingerprint density at radius 1 is 0.853 bits per heavy atom. The number of benzene rings is 3. The highest BCUT2D eigenvalue weighted by Gasteiger charge is 2.31. The van der Waals surface area contributed by atoms with Gasteiger partial charge in [-0.25, -0.2) is 4.79 Å². The quantitative estimate of drug-likeness (QED) is 0.333. The Labute approximate surface area is 194 Å². The lowest BCUT2D eigenvalue weighted by Gasteiger charge is -2.19. The van der Waals surface area contributed by atoms with E-state index >= 15 is 0 Å². The lowest BCUT2D eigenvalue weighted by atomic mass is 9.87. The SMILES string of the molecule is CC(C)(C)c1ccc(-n2c(C(=O)O)c(Oc3ccc(OC(F)(F)F)cc3)c3ccccc32)cc1. The molecule has 176 valence electrons. The highest BCUT2D eigenvalue weighted by Crippen LogP contribution is 2.39. The van der Waals surface area contributed by atoms with Crippen molar-refractivity contribution in [3.8, 4) is 22.9 Å². The van der Waals surface area contributed by atoms with Gasteiger partial charge >= 0.3 is 12.3 Å². The van der Waals surface area contributed by atoms with Crippen LogP contribution in [-0.4, -0.2) is 22.0 Å². The summed E-state index contributed by atoms with van der Waals surface area (Å²) < 4.78 is 48.7. The second-order valence-corrected chi connectivity index (χ2v) is 8.75. The van der Waals surface area contributed by atoms with Crippen LogP contribution in [0, 0.1) is 0 Å². The third-order valence-electron chi connectivity index (χ3n) is 5.30. The first-order valence-electron chi connectivity index (χ1n) is 10.5. The average molecular weight is 469 g/mol. The van der Waals surface area contributed by atoms with Crippen LogP contribution >= 0.6 is 0 Å². The number of carboxylic acid groups (broad SMARTS) is 1. The Bertz CT molecular complexity index is 1330. The fourth-order valence-electron chi connectivity index (χ4n) is 3.71. The van der Waals surface area contributed by atoms with Crippen LogP contribution in [-0.2, 0) is 5.41 Å². The minimum Gasteiger partial charge on any atom is -0.476 e. The molecule has 0 radical (unpaired) electrons. The number of hydrogen-bond donors (Lipinski definition) is 1. The van der Waals surface area contributed by atoms with Crippen molar-refractivity contribution < 1.29 is 32.5 Å². The van der Waals surface area contributed by atoms with Gasteiger partial charge in [-0.2, -0.15) is 0 Å². The highest BCUT2D eigenvalue weighted by molar-refractivity contribution is 6.02. The molecule has 4 rings (SSSR count). The number of halogens is 3. The number of rotatable bonds is 5. The number of nitrogens with zero attached hydrogens (tertiary/aromatic N) is 1. The molecule has 0 bridgehead atoms. The molecule has 8 heteroatoms. The Hall–Kier alpha value is -3.94. The molecule has 1 heterocycles. The zero-order valence-electron chi connectivity index (χ0n) is 18.7. The van der Waals surface area contributed by atoms with Gasteiger partial charge in [-0.05, 0) is 59.5 Å². The molecule has 0 saturated heterocycles. The van der Waals surface area contributed by atoms with Crippen LogP contribution in [0.3, 0.4) is 0 Å². The first-order chi connectivity index (χ1) is 15.9. The molecule has 1 aromatic heterocycles. The van der Waals surface area contributed by atoms with E-state index < -0.39 is 18.1 Å². The van der Waals surface area contributed by atoms with Gasteiger partial charge in [-0.15, -0.1) is 13.2 Å². The first-order valence-corrected chi connectivity index (χ1v) is 10.5. The third-order valence-corrected chi connectivity index (χ3v) is 5.30. The van der Waals surface area contributed by atoms with Gasteiger partial charge in [0.15, 0.2) is 11.4 Å². The van der Waals surface area contributed by atoms with E-state index in [1.54, 1.807) is 28.8 Å². The molecule has 5 nitrogen and oxygen atoms in total. The van der Waals surface area contributed by atoms with Crippen molar-refractivity contribution in [3.05, 3.63) is 84.1 Å². The minimum atomic E-state index is -4.81. The molecule has 0 aliphatic rings. The summed E-state index contributed by atoms with van der Waals surface area (Å²) in [6, 6.07) is 19.5. The Morgan fingerprint density at radius 3 is 2.00 bits per heavy atom. The minimum absolute atomic E-state index is 0.0663. The van der Waals surface area contributed by atoms with Gasteiger partial charge in [-0.3, -0.25) is 0 Å². The maximum Gasteiger partial charge on any atom is 0.573 e. The predicted molar refractivity (Wildman–Crippen MR) is 122 cm³/mol. The maximum absolute atomic E-state index is 12.4. The van der Waals surface area contributed by atoms with Gasteiger partial charge in [0.25, 0.3) is 0 Å². The van der Waals surface area contributed by atoms with Crippen molar-refractivity contribution in [1.29, 1.82) is 0 Å². The van der Waals surface area contributed by atoms with Crippen LogP contribution in [0.4, 0.5) is 13.2 Å². The Kier molecular flexibility index (Phi) is 5.77. The number of para-hydroxylation sites is 1. The van der Waals surface area contributed by atoms with Crippen LogP contribution in [0.15, 0.2) is 72.8 Å². The molecule has 0 unspecified atom stereocenters. The van der Waals surface area contributed by atoms with E-state index in [2.05, 4.69) is 25.5 Å². The van der Waals surface area contributed by atoms with E-state index in [1.165, 1.54) is 12.1 Å². The maximum atomic E-state index is 12.4. The van der Waals surface area contributed by atoms with Gasteiger partial charge in [0, 0.05) is 11.1 Å². The van der Waals surface area contributed by atoms with Crippen molar-refractivity contribution in [2.45, 2.75) is 32.5 Å². The smallest absolute Gasteiger partial charge is 0.476 e. The van der Waals surface area contributed by atoms with Gasteiger partial charge in [0.2, 0.25) is 0 Å². The van der Waals surface area contributed by atoms with Crippen LogP contribution in [0.2, 0.25) is 0 Å².